The lowest BCUT2D eigenvalue weighted by atomic mass is 9.94. The Morgan fingerprint density at radius 3 is 2.60 bits per heavy atom. The van der Waals surface area contributed by atoms with Gasteiger partial charge in [-0.3, -0.25) is 9.59 Å². The average Bonchev–Trinajstić information content (AvgIpc) is 3.24. The summed E-state index contributed by atoms with van der Waals surface area (Å²) in [5, 5.41) is 0. The first-order chi connectivity index (χ1) is 11.8. The molecule has 2 aromatic rings. The Hall–Kier alpha value is -2.57. The van der Waals surface area contributed by atoms with Gasteiger partial charge in [0.2, 0.25) is 11.9 Å². The van der Waals surface area contributed by atoms with Gasteiger partial charge in [0, 0.05) is 18.5 Å². The van der Waals surface area contributed by atoms with Gasteiger partial charge in [0.15, 0.2) is 0 Å². The van der Waals surface area contributed by atoms with E-state index in [-0.39, 0.29) is 23.4 Å². The minimum atomic E-state index is -0.478. The van der Waals surface area contributed by atoms with E-state index in [0.717, 1.165) is 31.0 Å². The van der Waals surface area contributed by atoms with Gasteiger partial charge < -0.3 is 20.5 Å². The van der Waals surface area contributed by atoms with E-state index in [4.69, 9.17) is 5.73 Å². The van der Waals surface area contributed by atoms with Gasteiger partial charge in [0.1, 0.15) is 5.52 Å². The molecule has 2 aliphatic heterocycles. The largest absolute Gasteiger partial charge is 0.366 e. The highest BCUT2D eigenvalue weighted by Gasteiger charge is 2.48. The first kappa shape index (κ1) is 15.9. The van der Waals surface area contributed by atoms with Crippen LogP contribution in [0.5, 0.6) is 0 Å². The smallest absolute Gasteiger partial charge is 0.250 e. The Labute approximate surface area is 146 Å². The van der Waals surface area contributed by atoms with E-state index in [1.54, 1.807) is 12.1 Å². The van der Waals surface area contributed by atoms with Crippen LogP contribution in [0.3, 0.4) is 0 Å². The third-order valence-electron chi connectivity index (χ3n) is 5.18. The number of nitrogens with zero attached hydrogens (tertiary/aromatic N) is 3. The molecule has 1 aromatic heterocycles. The van der Waals surface area contributed by atoms with E-state index in [9.17, 15) is 9.59 Å². The molecule has 2 fully saturated rings. The minimum Gasteiger partial charge on any atom is -0.366 e. The number of nitrogens with one attached hydrogen (secondary N) is 1. The number of H-pyrrole nitrogens is 1. The van der Waals surface area contributed by atoms with Crippen LogP contribution in [0, 0.1) is 5.41 Å². The van der Waals surface area contributed by atoms with Crippen LogP contribution in [-0.2, 0) is 4.79 Å². The number of likely N-dealkylation sites (tertiary alicyclic amines) is 1. The van der Waals surface area contributed by atoms with Crippen molar-refractivity contribution in [3.05, 3.63) is 23.8 Å². The lowest BCUT2D eigenvalue weighted by Gasteiger charge is -2.37. The van der Waals surface area contributed by atoms with Gasteiger partial charge in [-0.1, -0.05) is 26.8 Å². The molecule has 3 N–H and O–H groups in total. The van der Waals surface area contributed by atoms with Crippen LogP contribution in [0.2, 0.25) is 0 Å². The lowest BCUT2D eigenvalue weighted by molar-refractivity contribution is -0.140. The molecule has 7 heteroatoms. The second-order valence-electron chi connectivity index (χ2n) is 8.03. The molecule has 2 atom stereocenters. The second-order valence-corrected chi connectivity index (χ2v) is 8.03. The van der Waals surface area contributed by atoms with E-state index < -0.39 is 5.91 Å². The number of carbonyl (C=O) groups excluding carboxylic acids is 2. The van der Waals surface area contributed by atoms with Crippen molar-refractivity contribution in [3.63, 3.8) is 0 Å². The van der Waals surface area contributed by atoms with E-state index in [0.29, 0.717) is 11.1 Å². The fourth-order valence-electron chi connectivity index (χ4n) is 3.96. The molecule has 132 valence electrons. The van der Waals surface area contributed by atoms with Crippen LogP contribution in [0.15, 0.2) is 18.2 Å². The summed E-state index contributed by atoms with van der Waals surface area (Å²) in [5.41, 5.74) is 6.92. The number of anilines is 1. The maximum atomic E-state index is 12.6. The molecule has 4 rings (SSSR count). The van der Waals surface area contributed by atoms with Gasteiger partial charge in [-0.2, -0.15) is 0 Å². The summed E-state index contributed by atoms with van der Waals surface area (Å²) >= 11 is 0. The van der Waals surface area contributed by atoms with Gasteiger partial charge in [-0.05, 0) is 18.6 Å². The Balaban J connectivity index is 1.60. The molecule has 25 heavy (non-hydrogen) atoms. The van der Waals surface area contributed by atoms with Gasteiger partial charge in [0.05, 0.1) is 23.2 Å². The normalized spacial score (nSPS) is 22.8. The van der Waals surface area contributed by atoms with Crippen molar-refractivity contribution in [3.8, 4) is 0 Å². The van der Waals surface area contributed by atoms with E-state index >= 15 is 0 Å². The third-order valence-corrected chi connectivity index (χ3v) is 5.18. The zero-order valence-corrected chi connectivity index (χ0v) is 14.7. The van der Waals surface area contributed by atoms with Crippen molar-refractivity contribution in [2.75, 3.05) is 18.0 Å². The maximum Gasteiger partial charge on any atom is 0.250 e. The molecule has 1 aromatic carbocycles. The number of rotatable bonds is 2. The molecule has 3 heterocycles. The van der Waals surface area contributed by atoms with Crippen LogP contribution in [0.1, 0.15) is 37.6 Å². The number of imidazole rings is 1. The summed E-state index contributed by atoms with van der Waals surface area (Å²) in [5.74, 6) is 0.480. The summed E-state index contributed by atoms with van der Waals surface area (Å²) in [6, 6.07) is 5.86. The number of benzene rings is 1. The number of para-hydroxylation sites is 1. The highest BCUT2D eigenvalue weighted by Crippen LogP contribution is 2.36. The summed E-state index contributed by atoms with van der Waals surface area (Å²) in [7, 11) is 0. The summed E-state index contributed by atoms with van der Waals surface area (Å²) in [6.45, 7) is 7.37. The molecule has 2 saturated heterocycles. The molecule has 2 amide bonds. The molecule has 0 spiro atoms. The van der Waals surface area contributed by atoms with E-state index in [1.807, 2.05) is 31.7 Å². The molecule has 7 nitrogen and oxygen atoms in total. The molecule has 0 unspecified atom stereocenters. The monoisotopic (exact) mass is 341 g/mol. The van der Waals surface area contributed by atoms with Crippen molar-refractivity contribution >= 4 is 28.8 Å². The Morgan fingerprint density at radius 2 is 2.00 bits per heavy atom. The first-order valence-corrected chi connectivity index (χ1v) is 8.62. The van der Waals surface area contributed by atoms with Crippen LogP contribution in [0.4, 0.5) is 5.95 Å². The van der Waals surface area contributed by atoms with Crippen LogP contribution in [-0.4, -0.2) is 51.9 Å². The van der Waals surface area contributed by atoms with Crippen molar-refractivity contribution in [2.24, 2.45) is 11.1 Å². The topological polar surface area (TPSA) is 95.3 Å². The number of nitrogens with two attached hydrogens (primary N) is 1. The lowest BCUT2D eigenvalue weighted by Crippen LogP contribution is -2.52. The second kappa shape index (κ2) is 5.21. The number of carbonyl (C=O) groups is 2. The number of amides is 2. The average molecular weight is 341 g/mol. The van der Waals surface area contributed by atoms with E-state index in [1.165, 1.54) is 0 Å². The number of primary amides is 1. The number of aromatic amines is 1. The fraction of sp³-hybridized carbons (Fsp3) is 0.500. The maximum absolute atomic E-state index is 12.6. The van der Waals surface area contributed by atoms with Gasteiger partial charge in [-0.25, -0.2) is 4.98 Å². The predicted octanol–water partition coefficient (Wildman–Crippen LogP) is 1.50. The van der Waals surface area contributed by atoms with Crippen molar-refractivity contribution in [2.45, 2.75) is 39.3 Å². The minimum absolute atomic E-state index is 0.209. The third kappa shape index (κ3) is 2.45. The zero-order chi connectivity index (χ0) is 17.9. The van der Waals surface area contributed by atoms with Crippen LogP contribution < -0.4 is 10.6 Å². The predicted molar refractivity (Wildman–Crippen MR) is 95.3 cm³/mol. The fourth-order valence-corrected chi connectivity index (χ4v) is 3.96. The highest BCUT2D eigenvalue weighted by atomic mass is 16.2. The summed E-state index contributed by atoms with van der Waals surface area (Å²) < 4.78 is 0. The summed E-state index contributed by atoms with van der Waals surface area (Å²) in [4.78, 5) is 36.3. The number of hydrogen-bond donors (Lipinski definition) is 2. The molecule has 2 bridgehead atoms. The number of aromatic nitrogens is 2. The zero-order valence-electron chi connectivity index (χ0n) is 14.7. The van der Waals surface area contributed by atoms with Gasteiger partial charge in [-0.15, -0.1) is 0 Å². The standard InChI is InChI=1S/C18H23N5O2/c1-18(2,3)16(25)22-8-11-7-10(22)9-23(11)17-20-13-6-4-5-12(15(19)24)14(13)21-17/h4-6,10-11H,7-9H2,1-3H3,(H2,19,24)(H,20,21)/t10-,11+/m0/s1. The number of piperazine rings is 1. The SMILES string of the molecule is CC(C)(C)C(=O)N1C[C@H]2C[C@H]1CN2c1nc2c(C(N)=O)cccc2[nH]1. The van der Waals surface area contributed by atoms with Gasteiger partial charge >= 0.3 is 0 Å². The Morgan fingerprint density at radius 1 is 1.24 bits per heavy atom. The highest BCUT2D eigenvalue weighted by molar-refractivity contribution is 6.04. The van der Waals surface area contributed by atoms with Crippen molar-refractivity contribution < 1.29 is 9.59 Å². The van der Waals surface area contributed by atoms with E-state index in [2.05, 4.69) is 14.9 Å². The molecular formula is C18H23N5O2. The number of hydrogen-bond acceptors (Lipinski definition) is 4. The van der Waals surface area contributed by atoms with Crippen molar-refractivity contribution in [1.29, 1.82) is 0 Å². The molecule has 0 saturated carbocycles. The Bertz CT molecular complexity index is 866. The molecule has 0 aliphatic carbocycles. The van der Waals surface area contributed by atoms with Crippen LogP contribution >= 0.6 is 0 Å². The van der Waals surface area contributed by atoms with Crippen LogP contribution in [0.25, 0.3) is 11.0 Å². The Kier molecular flexibility index (Phi) is 3.32. The quantitative estimate of drug-likeness (QED) is 0.865. The number of fused-ring (bicyclic) bond motifs is 3. The molecular weight excluding hydrogens is 318 g/mol. The van der Waals surface area contributed by atoms with Crippen molar-refractivity contribution in [1.82, 2.24) is 14.9 Å². The summed E-state index contributed by atoms with van der Waals surface area (Å²) in [6.07, 6.45) is 0.960. The molecule has 2 aliphatic rings. The first-order valence-electron chi connectivity index (χ1n) is 8.62. The molecule has 0 radical (unpaired) electrons. The van der Waals surface area contributed by atoms with Gasteiger partial charge in [0.25, 0.3) is 5.91 Å².